The zero-order chi connectivity index (χ0) is 29.9. The molecule has 6 nitrogen and oxygen atoms in total. The third-order valence-electron chi connectivity index (χ3n) is 7.98. The monoisotopic (exact) mass is 575 g/mol. The lowest BCUT2D eigenvalue weighted by Gasteiger charge is -2.47. The Morgan fingerprint density at radius 1 is 1.18 bits per heavy atom. The smallest absolute Gasteiger partial charge is 0.434 e. The van der Waals surface area contributed by atoms with E-state index in [1.807, 2.05) is 32.0 Å². The summed E-state index contributed by atoms with van der Waals surface area (Å²) in [5, 5.41) is 9.78. The van der Waals surface area contributed by atoms with E-state index in [1.165, 1.54) is 0 Å². The average molecular weight is 576 g/mol. The Morgan fingerprint density at radius 2 is 1.75 bits per heavy atom. The van der Waals surface area contributed by atoms with Crippen LogP contribution in [0, 0.1) is 18.3 Å². The van der Waals surface area contributed by atoms with Crippen molar-refractivity contribution in [2.24, 2.45) is 5.92 Å². The fourth-order valence-electron chi connectivity index (χ4n) is 5.41. The van der Waals surface area contributed by atoms with Gasteiger partial charge in [-0.05, 0) is 56.8 Å². The molecule has 1 amide bonds. The second kappa shape index (κ2) is 12.2. The van der Waals surface area contributed by atoms with Crippen LogP contribution in [0.5, 0.6) is 0 Å². The molecule has 0 saturated carbocycles. The van der Waals surface area contributed by atoms with Crippen LogP contribution in [-0.2, 0) is 11.3 Å². The quantitative estimate of drug-likeness (QED) is 0.236. The fourth-order valence-corrected chi connectivity index (χ4v) is 5.41. The summed E-state index contributed by atoms with van der Waals surface area (Å²) in [6.45, 7) is 10.1. The Hall–Kier alpha value is -3.07. The average Bonchev–Trinajstić information content (AvgIpc) is 2.89. The van der Waals surface area contributed by atoms with Crippen molar-refractivity contribution < 1.29 is 41.0 Å². The number of benzene rings is 1. The Morgan fingerprint density at radius 3 is 2.23 bits per heavy atom. The summed E-state index contributed by atoms with van der Waals surface area (Å²) in [6.07, 6.45) is -9.50. The third-order valence-corrected chi connectivity index (χ3v) is 7.98. The van der Waals surface area contributed by atoms with Gasteiger partial charge in [0.15, 0.2) is 0 Å². The third kappa shape index (κ3) is 7.36. The Balaban J connectivity index is 1.71. The first kappa shape index (κ1) is 31.5. The standard InChI is InChI=1S/C28H35F6N3O3/c1-5-20-7-8-22(23(17-20)35-13-9-21(10-14-35)19(3)38)18-37(6-2)26(4)11-15-36(16-12-26)25(39)40-24(27(29,30)31)28(32,33)34/h1,7-8,17,21,24,38H,3,6,9-16,18H2,2,4H3. The number of hydrogen-bond donors (Lipinski definition) is 1. The number of halogens is 6. The first-order valence-corrected chi connectivity index (χ1v) is 13.2. The van der Waals surface area contributed by atoms with Gasteiger partial charge < -0.3 is 19.6 Å². The topological polar surface area (TPSA) is 56.2 Å². The van der Waals surface area contributed by atoms with Crippen molar-refractivity contribution in [3.63, 3.8) is 0 Å². The van der Waals surface area contributed by atoms with Gasteiger partial charge in [0.25, 0.3) is 6.10 Å². The minimum Gasteiger partial charge on any atom is -0.513 e. The molecule has 12 heteroatoms. The van der Waals surface area contributed by atoms with Crippen LogP contribution < -0.4 is 4.90 Å². The van der Waals surface area contributed by atoms with Gasteiger partial charge in [-0.15, -0.1) is 6.42 Å². The normalized spacial score (nSPS) is 18.6. The van der Waals surface area contributed by atoms with E-state index >= 15 is 0 Å². The van der Waals surface area contributed by atoms with E-state index in [9.17, 15) is 36.2 Å². The van der Waals surface area contributed by atoms with Crippen molar-refractivity contribution in [3.05, 3.63) is 41.7 Å². The molecule has 2 aliphatic rings. The highest BCUT2D eigenvalue weighted by Gasteiger charge is 2.60. The summed E-state index contributed by atoms with van der Waals surface area (Å²) in [5.74, 6) is 2.89. The van der Waals surface area contributed by atoms with Crippen molar-refractivity contribution in [1.82, 2.24) is 9.80 Å². The molecule has 0 spiro atoms. The SMILES string of the molecule is C#Cc1ccc(CN(CC)C2(C)CCN(C(=O)OC(C(F)(F)F)C(F)(F)F)CC2)c(N2CCC(C(=C)O)CC2)c1. The van der Waals surface area contributed by atoms with Gasteiger partial charge in [0.1, 0.15) is 0 Å². The van der Waals surface area contributed by atoms with Gasteiger partial charge in [-0.1, -0.05) is 25.5 Å². The van der Waals surface area contributed by atoms with Gasteiger partial charge >= 0.3 is 18.4 Å². The van der Waals surface area contributed by atoms with Gasteiger partial charge in [0.2, 0.25) is 0 Å². The maximum atomic E-state index is 12.8. The van der Waals surface area contributed by atoms with Gasteiger partial charge in [0, 0.05) is 55.4 Å². The second-order valence-corrected chi connectivity index (χ2v) is 10.6. The van der Waals surface area contributed by atoms with Crippen LogP contribution in [0.25, 0.3) is 0 Å². The maximum Gasteiger partial charge on any atom is 0.434 e. The van der Waals surface area contributed by atoms with E-state index in [0.29, 0.717) is 39.0 Å². The van der Waals surface area contributed by atoms with Gasteiger partial charge in [-0.2, -0.15) is 26.3 Å². The zero-order valence-electron chi connectivity index (χ0n) is 22.6. The van der Waals surface area contributed by atoms with E-state index in [-0.39, 0.29) is 24.8 Å². The lowest BCUT2D eigenvalue weighted by atomic mass is 9.87. The number of rotatable bonds is 7. The molecule has 1 aromatic carbocycles. The predicted octanol–water partition coefficient (Wildman–Crippen LogP) is 6.26. The Kier molecular flexibility index (Phi) is 9.60. The minimum atomic E-state index is -5.76. The number of anilines is 1. The predicted molar refractivity (Wildman–Crippen MR) is 139 cm³/mol. The molecule has 0 unspecified atom stereocenters. The number of nitrogens with zero attached hydrogens (tertiary/aromatic N) is 3. The van der Waals surface area contributed by atoms with Crippen LogP contribution in [0.1, 0.15) is 50.7 Å². The number of amides is 1. The van der Waals surface area contributed by atoms with Crippen LogP contribution in [0.4, 0.5) is 36.8 Å². The van der Waals surface area contributed by atoms with E-state index in [2.05, 4.69) is 27.0 Å². The number of aliphatic hydroxyl groups excluding tert-OH is 1. The lowest BCUT2D eigenvalue weighted by molar-refractivity contribution is -0.308. The molecular weight excluding hydrogens is 540 g/mol. The second-order valence-electron chi connectivity index (χ2n) is 10.6. The molecule has 2 aliphatic heterocycles. The minimum absolute atomic E-state index is 0.0426. The first-order chi connectivity index (χ1) is 18.6. The first-order valence-electron chi connectivity index (χ1n) is 13.2. The molecule has 3 rings (SSSR count). The molecule has 0 radical (unpaired) electrons. The van der Waals surface area contributed by atoms with Gasteiger partial charge in [0.05, 0.1) is 5.76 Å². The molecule has 2 fully saturated rings. The molecule has 40 heavy (non-hydrogen) atoms. The number of carbonyl (C=O) groups excluding carboxylic acids is 1. The number of piperidine rings is 2. The summed E-state index contributed by atoms with van der Waals surface area (Å²) >= 11 is 0. The van der Waals surface area contributed by atoms with Crippen molar-refractivity contribution in [3.8, 4) is 12.3 Å². The summed E-state index contributed by atoms with van der Waals surface area (Å²) in [4.78, 5) is 17.6. The number of alkyl halides is 6. The van der Waals surface area contributed by atoms with Crippen LogP contribution in [-0.4, -0.2) is 77.7 Å². The molecular formula is C28H35F6N3O3. The molecule has 1 N–H and O–H groups in total. The largest absolute Gasteiger partial charge is 0.513 e. The van der Waals surface area contributed by atoms with Crippen molar-refractivity contribution in [2.75, 3.05) is 37.6 Å². The molecule has 0 atom stereocenters. The highest BCUT2D eigenvalue weighted by molar-refractivity contribution is 5.68. The number of likely N-dealkylation sites (tertiary alicyclic amines) is 1. The fraction of sp³-hybridized carbons (Fsp3) is 0.607. The van der Waals surface area contributed by atoms with Crippen LogP contribution in [0.15, 0.2) is 30.5 Å². The number of allylic oxidation sites excluding steroid dienone is 1. The molecule has 0 bridgehead atoms. The number of aliphatic hydroxyl groups is 1. The highest BCUT2D eigenvalue weighted by atomic mass is 19.4. The Bertz CT molecular complexity index is 1080. The maximum absolute atomic E-state index is 12.8. The molecule has 2 heterocycles. The van der Waals surface area contributed by atoms with Crippen LogP contribution >= 0.6 is 0 Å². The van der Waals surface area contributed by atoms with Crippen LogP contribution in [0.2, 0.25) is 0 Å². The van der Waals surface area contributed by atoms with E-state index in [0.717, 1.165) is 34.6 Å². The van der Waals surface area contributed by atoms with Crippen LogP contribution in [0.3, 0.4) is 0 Å². The number of ether oxygens (including phenoxy) is 1. The molecule has 0 aliphatic carbocycles. The highest BCUT2D eigenvalue weighted by Crippen LogP contribution is 2.38. The summed E-state index contributed by atoms with van der Waals surface area (Å²) < 4.78 is 80.9. The van der Waals surface area contributed by atoms with E-state index < -0.39 is 30.1 Å². The molecule has 0 aromatic heterocycles. The van der Waals surface area contributed by atoms with Crippen molar-refractivity contribution in [1.29, 1.82) is 0 Å². The Labute approximate surface area is 230 Å². The molecule has 2 saturated heterocycles. The molecule has 222 valence electrons. The summed E-state index contributed by atoms with van der Waals surface area (Å²) in [6, 6.07) is 5.78. The van der Waals surface area contributed by atoms with E-state index in [1.54, 1.807) is 0 Å². The van der Waals surface area contributed by atoms with E-state index in [4.69, 9.17) is 6.42 Å². The van der Waals surface area contributed by atoms with Gasteiger partial charge in [-0.25, -0.2) is 4.79 Å². The van der Waals surface area contributed by atoms with Gasteiger partial charge in [-0.3, -0.25) is 4.90 Å². The van der Waals surface area contributed by atoms with Crippen molar-refractivity contribution >= 4 is 11.8 Å². The molecule has 1 aromatic rings. The summed E-state index contributed by atoms with van der Waals surface area (Å²) in [7, 11) is 0. The van der Waals surface area contributed by atoms with Crippen molar-refractivity contribution in [2.45, 2.75) is 70.1 Å². The number of carbonyl (C=O) groups is 1. The number of terminal acetylenes is 1. The zero-order valence-corrected chi connectivity index (χ0v) is 22.6. The lowest BCUT2D eigenvalue weighted by Crippen LogP contribution is -2.55. The summed E-state index contributed by atoms with van der Waals surface area (Å²) in [5.41, 5.74) is 2.25. The number of hydrogen-bond acceptors (Lipinski definition) is 5.